The van der Waals surface area contributed by atoms with Crippen LogP contribution in [0.25, 0.3) is 11.0 Å². The standard InChI is InChI=1S/C16H12F4N2/c17-14(16(18,19)20)15-21-12-8-4-5-9-13(12)22(15)10-11-6-2-1-3-7-11/h1-9,14H,10H2. The summed E-state index contributed by atoms with van der Waals surface area (Å²) in [5.41, 5.74) is 1.61. The Balaban J connectivity index is 2.13. The number of nitrogens with zero attached hydrogens (tertiary/aromatic N) is 2. The summed E-state index contributed by atoms with van der Waals surface area (Å²) in [6, 6.07) is 15.5. The molecule has 6 heteroatoms. The number of aromatic nitrogens is 2. The molecule has 0 saturated heterocycles. The summed E-state index contributed by atoms with van der Waals surface area (Å²) in [6.45, 7) is 0.132. The molecule has 0 spiro atoms. The normalized spacial score (nSPS) is 13.5. The minimum Gasteiger partial charge on any atom is -0.321 e. The molecule has 0 aliphatic rings. The van der Waals surface area contributed by atoms with Crippen LogP contribution in [-0.2, 0) is 6.54 Å². The summed E-state index contributed by atoms with van der Waals surface area (Å²) < 4.78 is 53.4. The van der Waals surface area contributed by atoms with Gasteiger partial charge in [0.25, 0.3) is 6.17 Å². The highest BCUT2D eigenvalue weighted by atomic mass is 19.4. The van der Waals surface area contributed by atoms with Gasteiger partial charge in [-0.2, -0.15) is 13.2 Å². The van der Waals surface area contributed by atoms with E-state index in [0.29, 0.717) is 11.0 Å². The third-order valence-corrected chi connectivity index (χ3v) is 3.38. The Hall–Kier alpha value is -2.37. The van der Waals surface area contributed by atoms with Gasteiger partial charge in [-0.1, -0.05) is 42.5 Å². The van der Waals surface area contributed by atoms with Gasteiger partial charge in [0.05, 0.1) is 11.0 Å². The average Bonchev–Trinajstić information content (AvgIpc) is 2.85. The molecule has 2 nitrogen and oxygen atoms in total. The van der Waals surface area contributed by atoms with Gasteiger partial charge in [-0.25, -0.2) is 9.37 Å². The van der Waals surface area contributed by atoms with E-state index in [2.05, 4.69) is 4.98 Å². The molecule has 0 radical (unpaired) electrons. The molecule has 0 amide bonds. The highest BCUT2D eigenvalue weighted by molar-refractivity contribution is 5.76. The first-order valence-corrected chi connectivity index (χ1v) is 6.66. The van der Waals surface area contributed by atoms with Crippen LogP contribution in [-0.4, -0.2) is 15.7 Å². The number of imidazole rings is 1. The highest BCUT2D eigenvalue weighted by Gasteiger charge is 2.44. The van der Waals surface area contributed by atoms with Crippen molar-refractivity contribution < 1.29 is 17.6 Å². The van der Waals surface area contributed by atoms with E-state index >= 15 is 0 Å². The molecule has 114 valence electrons. The van der Waals surface area contributed by atoms with Crippen LogP contribution in [0.2, 0.25) is 0 Å². The second-order valence-corrected chi connectivity index (χ2v) is 4.93. The number of hydrogen-bond acceptors (Lipinski definition) is 1. The smallest absolute Gasteiger partial charge is 0.321 e. The lowest BCUT2D eigenvalue weighted by Gasteiger charge is -2.15. The van der Waals surface area contributed by atoms with Crippen LogP contribution in [0.3, 0.4) is 0 Å². The van der Waals surface area contributed by atoms with Crippen molar-refractivity contribution in [1.29, 1.82) is 0 Å². The van der Waals surface area contributed by atoms with Gasteiger partial charge in [0.2, 0.25) is 0 Å². The monoisotopic (exact) mass is 308 g/mol. The average molecular weight is 308 g/mol. The third kappa shape index (κ3) is 2.68. The van der Waals surface area contributed by atoms with Crippen molar-refractivity contribution in [1.82, 2.24) is 9.55 Å². The van der Waals surface area contributed by atoms with E-state index in [0.717, 1.165) is 5.56 Å². The Morgan fingerprint density at radius 3 is 2.27 bits per heavy atom. The topological polar surface area (TPSA) is 17.8 Å². The maximum atomic E-state index is 13.8. The van der Waals surface area contributed by atoms with Crippen molar-refractivity contribution in [2.75, 3.05) is 0 Å². The van der Waals surface area contributed by atoms with Crippen molar-refractivity contribution in [3.05, 3.63) is 66.0 Å². The molecular weight excluding hydrogens is 296 g/mol. The van der Waals surface area contributed by atoms with E-state index in [1.807, 2.05) is 6.07 Å². The number of para-hydroxylation sites is 2. The van der Waals surface area contributed by atoms with E-state index in [1.54, 1.807) is 48.5 Å². The van der Waals surface area contributed by atoms with Crippen LogP contribution in [0.4, 0.5) is 17.6 Å². The van der Waals surface area contributed by atoms with Crippen LogP contribution in [0.5, 0.6) is 0 Å². The second-order valence-electron chi connectivity index (χ2n) is 4.93. The van der Waals surface area contributed by atoms with Crippen molar-refractivity contribution in [2.45, 2.75) is 18.9 Å². The highest BCUT2D eigenvalue weighted by Crippen LogP contribution is 2.37. The van der Waals surface area contributed by atoms with E-state index in [4.69, 9.17) is 0 Å². The molecule has 0 N–H and O–H groups in total. The van der Waals surface area contributed by atoms with Crippen molar-refractivity contribution in [3.63, 3.8) is 0 Å². The molecule has 2 aromatic carbocycles. The zero-order valence-corrected chi connectivity index (χ0v) is 11.4. The zero-order valence-electron chi connectivity index (χ0n) is 11.4. The van der Waals surface area contributed by atoms with Gasteiger partial charge in [0.15, 0.2) is 5.82 Å². The molecule has 1 aromatic heterocycles. The molecule has 0 aliphatic carbocycles. The van der Waals surface area contributed by atoms with Crippen molar-refractivity contribution >= 4 is 11.0 Å². The summed E-state index contributed by atoms with van der Waals surface area (Å²) in [5, 5.41) is 0. The second kappa shape index (κ2) is 5.44. The Labute approximate surface area is 124 Å². The Bertz CT molecular complexity index is 778. The molecule has 1 heterocycles. The van der Waals surface area contributed by atoms with Gasteiger partial charge < -0.3 is 4.57 Å². The predicted molar refractivity (Wildman–Crippen MR) is 75.2 cm³/mol. The molecule has 3 aromatic rings. The lowest BCUT2D eigenvalue weighted by molar-refractivity contribution is -0.185. The molecule has 22 heavy (non-hydrogen) atoms. The number of rotatable bonds is 3. The maximum absolute atomic E-state index is 13.8. The molecule has 0 bridgehead atoms. The fourth-order valence-electron chi connectivity index (χ4n) is 2.37. The largest absolute Gasteiger partial charge is 0.427 e. The fourth-order valence-corrected chi connectivity index (χ4v) is 2.37. The van der Waals surface area contributed by atoms with Gasteiger partial charge in [-0.15, -0.1) is 0 Å². The first-order chi connectivity index (χ1) is 10.5. The summed E-state index contributed by atoms with van der Waals surface area (Å²) in [7, 11) is 0. The van der Waals surface area contributed by atoms with Crippen LogP contribution in [0, 0.1) is 0 Å². The third-order valence-electron chi connectivity index (χ3n) is 3.38. The Morgan fingerprint density at radius 2 is 1.59 bits per heavy atom. The van der Waals surface area contributed by atoms with Crippen LogP contribution in [0.15, 0.2) is 54.6 Å². The SMILES string of the molecule is FC(c1nc2ccccc2n1Cc1ccccc1)C(F)(F)F. The minimum atomic E-state index is -4.98. The first kappa shape index (κ1) is 14.6. The molecule has 0 aliphatic heterocycles. The summed E-state index contributed by atoms with van der Waals surface area (Å²) in [5.74, 6) is -0.613. The lowest BCUT2D eigenvalue weighted by Crippen LogP contribution is -2.21. The van der Waals surface area contributed by atoms with Gasteiger partial charge in [0, 0.05) is 6.54 Å². The fraction of sp³-hybridized carbons (Fsp3) is 0.188. The lowest BCUT2D eigenvalue weighted by atomic mass is 10.2. The van der Waals surface area contributed by atoms with E-state index < -0.39 is 18.2 Å². The first-order valence-electron chi connectivity index (χ1n) is 6.66. The molecule has 1 atom stereocenters. The number of halogens is 4. The number of benzene rings is 2. The van der Waals surface area contributed by atoms with Crippen LogP contribution in [0.1, 0.15) is 17.6 Å². The van der Waals surface area contributed by atoms with E-state index in [-0.39, 0.29) is 6.54 Å². The molecule has 3 rings (SSSR count). The van der Waals surface area contributed by atoms with Crippen LogP contribution >= 0.6 is 0 Å². The van der Waals surface area contributed by atoms with Crippen LogP contribution < -0.4 is 0 Å². The van der Waals surface area contributed by atoms with E-state index in [9.17, 15) is 17.6 Å². The maximum Gasteiger partial charge on any atom is 0.427 e. The Kier molecular flexibility index (Phi) is 3.60. The summed E-state index contributed by atoms with van der Waals surface area (Å²) in [6.07, 6.45) is -8.08. The van der Waals surface area contributed by atoms with E-state index in [1.165, 1.54) is 4.57 Å². The van der Waals surface area contributed by atoms with Crippen molar-refractivity contribution in [3.8, 4) is 0 Å². The molecular formula is C16H12F4N2. The predicted octanol–water partition coefficient (Wildman–Crippen LogP) is 4.66. The molecule has 1 unspecified atom stereocenters. The molecule has 0 fully saturated rings. The van der Waals surface area contributed by atoms with Crippen molar-refractivity contribution in [2.24, 2.45) is 0 Å². The summed E-state index contributed by atoms with van der Waals surface area (Å²) >= 11 is 0. The minimum absolute atomic E-state index is 0.132. The number of hydrogen-bond donors (Lipinski definition) is 0. The number of fused-ring (bicyclic) bond motifs is 1. The van der Waals surface area contributed by atoms with Gasteiger partial charge in [-0.05, 0) is 17.7 Å². The van der Waals surface area contributed by atoms with Gasteiger partial charge in [-0.3, -0.25) is 0 Å². The van der Waals surface area contributed by atoms with Gasteiger partial charge >= 0.3 is 6.18 Å². The number of alkyl halides is 4. The summed E-state index contributed by atoms with van der Waals surface area (Å²) in [4.78, 5) is 3.84. The zero-order chi connectivity index (χ0) is 15.7. The Morgan fingerprint density at radius 1 is 0.955 bits per heavy atom. The quantitative estimate of drug-likeness (QED) is 0.644. The molecule has 0 saturated carbocycles. The van der Waals surface area contributed by atoms with Gasteiger partial charge in [0.1, 0.15) is 0 Å².